The smallest absolute Gasteiger partial charge is 0.308 e. The van der Waals surface area contributed by atoms with E-state index in [1.165, 1.54) is 5.56 Å². The standard InChI is InChI=1S/C28H23ClN4O/c29-21-7-6-8-23(19-21)31-28(34)30-22-16-13-20(14-17-22)15-18-27-32-25-11-4-5-12-26(25)33(27)24-9-2-1-3-10-24/h1-14,16-17,19H,15,18H2,(H2,30,31,34). The van der Waals surface area contributed by atoms with Gasteiger partial charge in [-0.15, -0.1) is 0 Å². The minimum atomic E-state index is -0.313. The lowest BCUT2D eigenvalue weighted by Crippen LogP contribution is -2.19. The van der Waals surface area contributed by atoms with Crippen molar-refractivity contribution in [2.75, 3.05) is 10.6 Å². The molecule has 0 fully saturated rings. The Morgan fingerprint density at radius 2 is 1.50 bits per heavy atom. The number of carbonyl (C=O) groups excluding carboxylic acids is 1. The fourth-order valence-corrected chi connectivity index (χ4v) is 4.17. The van der Waals surface area contributed by atoms with Crippen molar-refractivity contribution < 1.29 is 4.79 Å². The summed E-state index contributed by atoms with van der Waals surface area (Å²) >= 11 is 5.97. The summed E-state index contributed by atoms with van der Waals surface area (Å²) in [5.74, 6) is 1.02. The van der Waals surface area contributed by atoms with Gasteiger partial charge < -0.3 is 10.6 Å². The first kappa shape index (κ1) is 21.7. The van der Waals surface area contributed by atoms with Gasteiger partial charge in [0.1, 0.15) is 5.82 Å². The molecule has 0 spiro atoms. The fraction of sp³-hybridized carbons (Fsp3) is 0.0714. The van der Waals surface area contributed by atoms with Gasteiger partial charge in [0.05, 0.1) is 11.0 Å². The van der Waals surface area contributed by atoms with E-state index in [-0.39, 0.29) is 6.03 Å². The molecule has 5 aromatic rings. The van der Waals surface area contributed by atoms with E-state index in [0.29, 0.717) is 10.7 Å². The summed E-state index contributed by atoms with van der Waals surface area (Å²) in [5.41, 5.74) is 5.74. The van der Waals surface area contributed by atoms with E-state index >= 15 is 0 Å². The van der Waals surface area contributed by atoms with Crippen LogP contribution in [0.2, 0.25) is 5.02 Å². The Bertz CT molecular complexity index is 1430. The number of urea groups is 1. The molecule has 6 heteroatoms. The van der Waals surface area contributed by atoms with Gasteiger partial charge in [0, 0.05) is 28.5 Å². The highest BCUT2D eigenvalue weighted by Gasteiger charge is 2.12. The van der Waals surface area contributed by atoms with E-state index < -0.39 is 0 Å². The lowest BCUT2D eigenvalue weighted by Gasteiger charge is -2.10. The first-order chi connectivity index (χ1) is 16.7. The van der Waals surface area contributed by atoms with Gasteiger partial charge in [-0.25, -0.2) is 9.78 Å². The van der Waals surface area contributed by atoms with Crippen molar-refractivity contribution in [3.05, 3.63) is 120 Å². The number of carbonyl (C=O) groups is 1. The van der Waals surface area contributed by atoms with Crippen molar-refractivity contribution in [3.8, 4) is 5.69 Å². The number of anilines is 2. The minimum absolute atomic E-state index is 0.313. The van der Waals surface area contributed by atoms with Crippen LogP contribution in [-0.2, 0) is 12.8 Å². The Balaban J connectivity index is 1.27. The van der Waals surface area contributed by atoms with Gasteiger partial charge in [-0.3, -0.25) is 4.57 Å². The number of imidazole rings is 1. The quantitative estimate of drug-likeness (QED) is 0.280. The van der Waals surface area contributed by atoms with E-state index in [0.717, 1.165) is 41.1 Å². The predicted molar refractivity (Wildman–Crippen MR) is 139 cm³/mol. The van der Waals surface area contributed by atoms with Gasteiger partial charge in [-0.2, -0.15) is 0 Å². The van der Waals surface area contributed by atoms with Gasteiger partial charge in [0.15, 0.2) is 0 Å². The normalized spacial score (nSPS) is 10.9. The summed E-state index contributed by atoms with van der Waals surface area (Å²) in [6.45, 7) is 0. The molecule has 5 rings (SSSR count). The number of aryl methyl sites for hydroxylation is 2. The number of fused-ring (bicyclic) bond motifs is 1. The molecule has 2 amide bonds. The summed E-state index contributed by atoms with van der Waals surface area (Å²) in [6, 6.07) is 33.1. The third-order valence-electron chi connectivity index (χ3n) is 5.58. The highest BCUT2D eigenvalue weighted by atomic mass is 35.5. The molecule has 0 aliphatic rings. The van der Waals surface area contributed by atoms with Crippen LogP contribution in [0.4, 0.5) is 16.2 Å². The molecule has 34 heavy (non-hydrogen) atoms. The van der Waals surface area contributed by atoms with Crippen LogP contribution in [-0.4, -0.2) is 15.6 Å². The van der Waals surface area contributed by atoms with E-state index in [2.05, 4.69) is 33.4 Å². The molecule has 4 aromatic carbocycles. The Kier molecular flexibility index (Phi) is 6.27. The van der Waals surface area contributed by atoms with Crippen molar-refractivity contribution >= 4 is 40.0 Å². The van der Waals surface area contributed by atoms with Gasteiger partial charge >= 0.3 is 6.03 Å². The zero-order valence-corrected chi connectivity index (χ0v) is 19.2. The average molecular weight is 467 g/mol. The SMILES string of the molecule is O=C(Nc1ccc(CCc2nc3ccccc3n2-c2ccccc2)cc1)Nc1cccc(Cl)c1. The first-order valence-electron chi connectivity index (χ1n) is 11.1. The number of hydrogen-bond donors (Lipinski definition) is 2. The molecule has 0 aliphatic carbocycles. The third kappa shape index (κ3) is 4.95. The lowest BCUT2D eigenvalue weighted by molar-refractivity contribution is 0.262. The number of aromatic nitrogens is 2. The maximum atomic E-state index is 12.3. The van der Waals surface area contributed by atoms with Crippen LogP contribution in [0.1, 0.15) is 11.4 Å². The van der Waals surface area contributed by atoms with Gasteiger partial charge in [0.2, 0.25) is 0 Å². The van der Waals surface area contributed by atoms with Crippen LogP contribution in [0.15, 0.2) is 103 Å². The Labute approximate surface area is 203 Å². The summed E-state index contributed by atoms with van der Waals surface area (Å²) < 4.78 is 2.23. The third-order valence-corrected chi connectivity index (χ3v) is 5.81. The zero-order valence-electron chi connectivity index (χ0n) is 18.4. The van der Waals surface area contributed by atoms with E-state index in [9.17, 15) is 4.79 Å². The number of benzene rings is 4. The number of halogens is 1. The maximum absolute atomic E-state index is 12.3. The number of nitrogens with zero attached hydrogens (tertiary/aromatic N) is 2. The second-order valence-corrected chi connectivity index (χ2v) is 8.41. The van der Waals surface area contributed by atoms with Gasteiger partial charge in [0.25, 0.3) is 0 Å². The molecular formula is C28H23ClN4O. The minimum Gasteiger partial charge on any atom is -0.308 e. The predicted octanol–water partition coefficient (Wildman–Crippen LogP) is 7.11. The summed E-state index contributed by atoms with van der Waals surface area (Å²) in [5, 5.41) is 6.20. The highest BCUT2D eigenvalue weighted by Crippen LogP contribution is 2.23. The maximum Gasteiger partial charge on any atom is 0.323 e. The van der Waals surface area contributed by atoms with Crippen molar-refractivity contribution in [2.45, 2.75) is 12.8 Å². The molecule has 2 N–H and O–H groups in total. The molecule has 168 valence electrons. The number of hydrogen-bond acceptors (Lipinski definition) is 2. The summed E-state index contributed by atoms with van der Waals surface area (Å²) in [4.78, 5) is 17.2. The molecule has 0 bridgehead atoms. The van der Waals surface area contributed by atoms with Gasteiger partial charge in [-0.05, 0) is 66.6 Å². The highest BCUT2D eigenvalue weighted by molar-refractivity contribution is 6.30. The van der Waals surface area contributed by atoms with Crippen LogP contribution in [0.25, 0.3) is 16.7 Å². The topological polar surface area (TPSA) is 59.0 Å². The monoisotopic (exact) mass is 466 g/mol. The molecule has 0 atom stereocenters. The number of para-hydroxylation sites is 3. The van der Waals surface area contributed by atoms with Crippen LogP contribution >= 0.6 is 11.6 Å². The Hall–Kier alpha value is -4.09. The molecule has 0 aliphatic heterocycles. The summed E-state index contributed by atoms with van der Waals surface area (Å²) in [6.07, 6.45) is 1.64. The van der Waals surface area contributed by atoms with Crippen molar-refractivity contribution in [1.82, 2.24) is 9.55 Å². The second-order valence-electron chi connectivity index (χ2n) is 7.97. The van der Waals surface area contributed by atoms with Gasteiger partial charge in [-0.1, -0.05) is 60.1 Å². The Morgan fingerprint density at radius 1 is 0.765 bits per heavy atom. The van der Waals surface area contributed by atoms with E-state index in [1.54, 1.807) is 24.3 Å². The second kappa shape index (κ2) is 9.81. The molecule has 0 saturated heterocycles. The zero-order chi connectivity index (χ0) is 23.3. The molecule has 0 radical (unpaired) electrons. The fourth-order valence-electron chi connectivity index (χ4n) is 3.98. The lowest BCUT2D eigenvalue weighted by atomic mass is 10.1. The number of rotatable bonds is 6. The number of amides is 2. The van der Waals surface area contributed by atoms with Crippen LogP contribution < -0.4 is 10.6 Å². The first-order valence-corrected chi connectivity index (χ1v) is 11.5. The molecule has 1 heterocycles. The largest absolute Gasteiger partial charge is 0.323 e. The Morgan fingerprint density at radius 3 is 2.29 bits per heavy atom. The molecule has 0 saturated carbocycles. The summed E-state index contributed by atoms with van der Waals surface area (Å²) in [7, 11) is 0. The molecular weight excluding hydrogens is 444 g/mol. The van der Waals surface area contributed by atoms with Crippen molar-refractivity contribution in [1.29, 1.82) is 0 Å². The van der Waals surface area contributed by atoms with E-state index in [4.69, 9.17) is 16.6 Å². The van der Waals surface area contributed by atoms with Crippen molar-refractivity contribution in [2.24, 2.45) is 0 Å². The number of nitrogens with one attached hydrogen (secondary N) is 2. The molecule has 1 aromatic heterocycles. The van der Waals surface area contributed by atoms with Crippen LogP contribution in [0.3, 0.4) is 0 Å². The average Bonchev–Trinajstić information content (AvgIpc) is 3.22. The van der Waals surface area contributed by atoms with Crippen molar-refractivity contribution in [3.63, 3.8) is 0 Å². The van der Waals surface area contributed by atoms with Crippen LogP contribution in [0.5, 0.6) is 0 Å². The molecule has 5 nitrogen and oxygen atoms in total. The molecule has 0 unspecified atom stereocenters. The van der Waals surface area contributed by atoms with E-state index in [1.807, 2.05) is 60.7 Å². The van der Waals surface area contributed by atoms with Crippen LogP contribution in [0, 0.1) is 0 Å².